The zero-order chi connectivity index (χ0) is 14.5. The van der Waals surface area contributed by atoms with Crippen molar-refractivity contribution < 1.29 is 0 Å². The minimum absolute atomic E-state index is 0.207. The molecule has 0 spiro atoms. The van der Waals surface area contributed by atoms with E-state index in [2.05, 4.69) is 11.1 Å². The fourth-order valence-electron chi connectivity index (χ4n) is 2.49. The van der Waals surface area contributed by atoms with Crippen molar-refractivity contribution in [2.45, 2.75) is 32.6 Å². The minimum atomic E-state index is 0.207. The number of aliphatic imine (C=N–C) groups is 1. The molecule has 1 fully saturated rings. The van der Waals surface area contributed by atoms with Crippen LogP contribution in [-0.4, -0.2) is 5.71 Å². The van der Waals surface area contributed by atoms with E-state index in [1.807, 2.05) is 31.2 Å². The first-order chi connectivity index (χ1) is 9.61. The Bertz CT molecular complexity index is 569. The summed E-state index contributed by atoms with van der Waals surface area (Å²) in [6.45, 7) is 2.01. The van der Waals surface area contributed by atoms with E-state index in [9.17, 15) is 5.26 Å². The first kappa shape index (κ1) is 14.1. The van der Waals surface area contributed by atoms with E-state index in [0.29, 0.717) is 23.0 Å². The molecule has 4 heteroatoms. The molecular formula is C16H20N4. The lowest BCUT2D eigenvalue weighted by Gasteiger charge is -2.12. The van der Waals surface area contributed by atoms with Gasteiger partial charge in [0.05, 0.1) is 11.4 Å². The van der Waals surface area contributed by atoms with Crippen LogP contribution in [0.3, 0.4) is 0 Å². The predicted molar refractivity (Wildman–Crippen MR) is 81.2 cm³/mol. The molecule has 0 amide bonds. The highest BCUT2D eigenvalue weighted by molar-refractivity contribution is 6.12. The largest absolute Gasteiger partial charge is 0.400 e. The van der Waals surface area contributed by atoms with Gasteiger partial charge in [0.2, 0.25) is 0 Å². The Hall–Kier alpha value is -2.28. The molecule has 1 saturated carbocycles. The quantitative estimate of drug-likeness (QED) is 0.826. The van der Waals surface area contributed by atoms with Gasteiger partial charge in [-0.05, 0) is 31.9 Å². The zero-order valence-corrected chi connectivity index (χ0v) is 11.8. The fourth-order valence-corrected chi connectivity index (χ4v) is 2.49. The summed E-state index contributed by atoms with van der Waals surface area (Å²) >= 11 is 0. The molecule has 0 aliphatic heterocycles. The maximum absolute atomic E-state index is 9.25. The highest BCUT2D eigenvalue weighted by Crippen LogP contribution is 2.29. The van der Waals surface area contributed by atoms with Crippen LogP contribution in [-0.2, 0) is 0 Å². The summed E-state index contributed by atoms with van der Waals surface area (Å²) in [4.78, 5) is 4.30. The van der Waals surface area contributed by atoms with Gasteiger partial charge in [-0.25, -0.2) is 4.99 Å². The lowest BCUT2D eigenvalue weighted by Crippen LogP contribution is -2.21. The molecule has 0 saturated heterocycles. The molecule has 0 bridgehead atoms. The van der Waals surface area contributed by atoms with Gasteiger partial charge in [0, 0.05) is 11.6 Å². The van der Waals surface area contributed by atoms with Gasteiger partial charge in [-0.3, -0.25) is 0 Å². The van der Waals surface area contributed by atoms with Gasteiger partial charge < -0.3 is 11.5 Å². The van der Waals surface area contributed by atoms with Crippen molar-refractivity contribution >= 4 is 11.4 Å². The maximum Gasteiger partial charge on any atom is 0.165 e. The number of hydrogen-bond donors (Lipinski definition) is 2. The number of nitriles is 1. The SMILES string of the molecule is Cc1ccc(N=C(C#N)/C(N)=C(\N)C2CCCC2)cc1. The van der Waals surface area contributed by atoms with Gasteiger partial charge in [-0.15, -0.1) is 0 Å². The molecule has 1 aromatic rings. The molecule has 4 nitrogen and oxygen atoms in total. The van der Waals surface area contributed by atoms with Crippen LogP contribution in [0.15, 0.2) is 40.7 Å². The third-order valence-electron chi connectivity index (χ3n) is 3.74. The number of benzene rings is 1. The van der Waals surface area contributed by atoms with Crippen molar-refractivity contribution in [3.63, 3.8) is 0 Å². The summed E-state index contributed by atoms with van der Waals surface area (Å²) in [5.74, 6) is 0.298. The number of rotatable bonds is 3. The molecule has 1 aliphatic carbocycles. The average Bonchev–Trinajstić information content (AvgIpc) is 2.99. The number of nitrogens with zero attached hydrogens (tertiary/aromatic N) is 2. The summed E-state index contributed by atoms with van der Waals surface area (Å²) in [6, 6.07) is 9.69. The predicted octanol–water partition coefficient (Wildman–Crippen LogP) is 2.91. The first-order valence-electron chi connectivity index (χ1n) is 6.92. The Balaban J connectivity index is 2.29. The van der Waals surface area contributed by atoms with Crippen molar-refractivity contribution in [3.8, 4) is 6.07 Å². The first-order valence-corrected chi connectivity index (χ1v) is 6.92. The number of aryl methyl sites for hydroxylation is 1. The van der Waals surface area contributed by atoms with Crippen molar-refractivity contribution in [2.24, 2.45) is 22.4 Å². The second kappa shape index (κ2) is 6.25. The van der Waals surface area contributed by atoms with Crippen molar-refractivity contribution in [2.75, 3.05) is 0 Å². The van der Waals surface area contributed by atoms with E-state index in [1.54, 1.807) is 0 Å². The summed E-state index contributed by atoms with van der Waals surface area (Å²) in [5.41, 5.74) is 15.2. The van der Waals surface area contributed by atoms with Crippen LogP contribution in [0, 0.1) is 24.2 Å². The van der Waals surface area contributed by atoms with Crippen molar-refractivity contribution in [3.05, 3.63) is 41.2 Å². The number of hydrogen-bond acceptors (Lipinski definition) is 4. The van der Waals surface area contributed by atoms with Crippen LogP contribution < -0.4 is 11.5 Å². The van der Waals surface area contributed by atoms with Crippen LogP contribution in [0.1, 0.15) is 31.2 Å². The minimum Gasteiger partial charge on any atom is -0.400 e. The monoisotopic (exact) mass is 268 g/mol. The molecule has 0 radical (unpaired) electrons. The van der Waals surface area contributed by atoms with Gasteiger partial charge in [0.1, 0.15) is 6.07 Å². The van der Waals surface area contributed by atoms with Gasteiger partial charge in [0.15, 0.2) is 5.71 Å². The molecule has 1 aromatic carbocycles. The average molecular weight is 268 g/mol. The summed E-state index contributed by atoms with van der Waals surface area (Å²) in [5, 5.41) is 9.25. The van der Waals surface area contributed by atoms with E-state index in [0.717, 1.165) is 18.4 Å². The Morgan fingerprint density at radius 1 is 1.20 bits per heavy atom. The topological polar surface area (TPSA) is 88.2 Å². The molecule has 2 rings (SSSR count). The summed E-state index contributed by atoms with van der Waals surface area (Å²) < 4.78 is 0. The molecular weight excluding hydrogens is 248 g/mol. The van der Waals surface area contributed by atoms with Gasteiger partial charge >= 0.3 is 0 Å². The summed E-state index contributed by atoms with van der Waals surface area (Å²) in [7, 11) is 0. The van der Waals surface area contributed by atoms with Crippen LogP contribution >= 0.6 is 0 Å². The Morgan fingerprint density at radius 2 is 1.80 bits per heavy atom. The van der Waals surface area contributed by atoms with Gasteiger partial charge in [-0.1, -0.05) is 30.5 Å². The molecule has 104 valence electrons. The zero-order valence-electron chi connectivity index (χ0n) is 11.8. The Labute approximate surface area is 119 Å². The highest BCUT2D eigenvalue weighted by atomic mass is 14.8. The second-order valence-electron chi connectivity index (χ2n) is 5.26. The lowest BCUT2D eigenvalue weighted by atomic mass is 10.0. The standard InChI is InChI=1S/C16H20N4/c1-11-6-8-13(9-7-11)20-14(10-17)16(19)15(18)12-4-2-3-5-12/h6-9,12H,2-5,18-19H2,1H3/b16-15+,20-14?. The third-order valence-corrected chi connectivity index (χ3v) is 3.74. The molecule has 20 heavy (non-hydrogen) atoms. The van der Waals surface area contributed by atoms with E-state index in [4.69, 9.17) is 11.5 Å². The highest BCUT2D eigenvalue weighted by Gasteiger charge is 2.21. The molecule has 0 atom stereocenters. The van der Waals surface area contributed by atoms with Crippen molar-refractivity contribution in [1.29, 1.82) is 5.26 Å². The lowest BCUT2D eigenvalue weighted by molar-refractivity contribution is 0.629. The van der Waals surface area contributed by atoms with Crippen LogP contribution in [0.2, 0.25) is 0 Å². The molecule has 0 aromatic heterocycles. The molecule has 4 N–H and O–H groups in total. The second-order valence-corrected chi connectivity index (χ2v) is 5.26. The van der Waals surface area contributed by atoms with Crippen molar-refractivity contribution in [1.82, 2.24) is 0 Å². The Kier molecular flexibility index (Phi) is 4.41. The molecule has 1 aliphatic rings. The third kappa shape index (κ3) is 3.18. The molecule has 0 heterocycles. The van der Waals surface area contributed by atoms with E-state index < -0.39 is 0 Å². The fraction of sp³-hybridized carbons (Fsp3) is 0.375. The smallest absolute Gasteiger partial charge is 0.165 e. The summed E-state index contributed by atoms with van der Waals surface area (Å²) in [6.07, 6.45) is 4.46. The van der Waals surface area contributed by atoms with Gasteiger partial charge in [-0.2, -0.15) is 5.26 Å². The Morgan fingerprint density at radius 3 is 2.35 bits per heavy atom. The van der Waals surface area contributed by atoms with E-state index in [-0.39, 0.29) is 5.71 Å². The van der Waals surface area contributed by atoms with Crippen LogP contribution in [0.25, 0.3) is 0 Å². The number of allylic oxidation sites excluding steroid dienone is 2. The normalized spacial score (nSPS) is 17.7. The van der Waals surface area contributed by atoms with Crippen LogP contribution in [0.4, 0.5) is 5.69 Å². The van der Waals surface area contributed by atoms with Crippen LogP contribution in [0.5, 0.6) is 0 Å². The van der Waals surface area contributed by atoms with Gasteiger partial charge in [0.25, 0.3) is 0 Å². The molecule has 0 unspecified atom stereocenters. The van der Waals surface area contributed by atoms with E-state index >= 15 is 0 Å². The number of nitrogens with two attached hydrogens (primary N) is 2. The maximum atomic E-state index is 9.25. The van der Waals surface area contributed by atoms with E-state index in [1.165, 1.54) is 12.8 Å².